The van der Waals surface area contributed by atoms with E-state index in [1.165, 1.54) is 21.3 Å². The van der Waals surface area contributed by atoms with Crippen LogP contribution in [0.3, 0.4) is 0 Å². The molecule has 0 spiro atoms. The Hall–Kier alpha value is -5.45. The summed E-state index contributed by atoms with van der Waals surface area (Å²) in [5, 5.41) is 35.3. The number of aromatic nitrogens is 6. The molecule has 3 heterocycles. The van der Waals surface area contributed by atoms with E-state index in [1.807, 2.05) is 50.2 Å². The van der Waals surface area contributed by atoms with Gasteiger partial charge in [-0.3, -0.25) is 4.79 Å². The molecule has 1 aliphatic heterocycles. The van der Waals surface area contributed by atoms with Gasteiger partial charge >= 0.3 is 11.9 Å². The molecule has 0 saturated heterocycles. The summed E-state index contributed by atoms with van der Waals surface area (Å²) in [6.07, 6.45) is 1.77. The molecular weight excluding hydrogens is 691 g/mol. The third-order valence-electron chi connectivity index (χ3n) is 8.91. The topological polar surface area (TPSA) is 192 Å². The predicted octanol–water partition coefficient (Wildman–Crippen LogP) is 4.31. The van der Waals surface area contributed by atoms with Crippen LogP contribution in [-0.2, 0) is 45.8 Å². The minimum atomic E-state index is -3.89. The molecule has 3 aromatic carbocycles. The van der Waals surface area contributed by atoms with Crippen molar-refractivity contribution >= 4 is 22.0 Å². The maximum atomic E-state index is 13.7. The van der Waals surface area contributed by atoms with E-state index in [9.17, 15) is 23.1 Å². The normalized spacial score (nSPS) is 16.4. The van der Waals surface area contributed by atoms with E-state index < -0.39 is 39.6 Å². The van der Waals surface area contributed by atoms with E-state index >= 15 is 0 Å². The van der Waals surface area contributed by atoms with Crippen molar-refractivity contribution in [2.75, 3.05) is 6.54 Å². The SMILES string of the molecule is Cc1ccc(C(OCc2cn(Cc3cccc(Cn4cc(C(=O)O)nn4)c3)nn2)C(C)(C)C(=O)O)cc1CN1C[C@@H](C)Oc2ccccc2S1(=O)=O. The van der Waals surface area contributed by atoms with Crippen LogP contribution in [0, 0.1) is 12.3 Å². The van der Waals surface area contributed by atoms with Gasteiger partial charge in [-0.25, -0.2) is 22.6 Å². The molecule has 0 bridgehead atoms. The lowest BCUT2D eigenvalue weighted by Crippen LogP contribution is -2.36. The number of carboxylic acids is 2. The third-order valence-corrected chi connectivity index (χ3v) is 10.8. The zero-order valence-corrected chi connectivity index (χ0v) is 29.9. The van der Waals surface area contributed by atoms with Crippen molar-refractivity contribution in [3.8, 4) is 5.75 Å². The highest BCUT2D eigenvalue weighted by Crippen LogP contribution is 2.39. The van der Waals surface area contributed by atoms with Gasteiger partial charge in [0.1, 0.15) is 22.4 Å². The van der Waals surface area contributed by atoms with Crippen molar-refractivity contribution in [3.63, 3.8) is 0 Å². The van der Waals surface area contributed by atoms with Gasteiger partial charge in [0.05, 0.1) is 50.2 Å². The molecule has 272 valence electrons. The number of fused-ring (bicyclic) bond motifs is 1. The quantitative estimate of drug-likeness (QED) is 0.175. The second-order valence-electron chi connectivity index (χ2n) is 13.4. The Morgan fingerprint density at radius 1 is 0.942 bits per heavy atom. The second kappa shape index (κ2) is 14.7. The zero-order valence-electron chi connectivity index (χ0n) is 29.1. The lowest BCUT2D eigenvalue weighted by atomic mass is 9.81. The van der Waals surface area contributed by atoms with Gasteiger partial charge in [0.25, 0.3) is 0 Å². The van der Waals surface area contributed by atoms with Crippen molar-refractivity contribution < 1.29 is 37.7 Å². The predicted molar refractivity (Wildman–Crippen MR) is 186 cm³/mol. The highest BCUT2D eigenvalue weighted by Gasteiger charge is 2.40. The van der Waals surface area contributed by atoms with Crippen LogP contribution in [-0.4, -0.2) is 77.5 Å². The van der Waals surface area contributed by atoms with Gasteiger partial charge in [-0.05, 0) is 67.6 Å². The van der Waals surface area contributed by atoms with E-state index in [-0.39, 0.29) is 30.3 Å². The summed E-state index contributed by atoms with van der Waals surface area (Å²) in [4.78, 5) is 23.8. The minimum absolute atomic E-state index is 0.0328. The first-order valence-corrected chi connectivity index (χ1v) is 17.9. The number of carbonyl (C=O) groups is 2. The van der Waals surface area contributed by atoms with E-state index in [2.05, 4.69) is 20.6 Å². The smallest absolute Gasteiger partial charge is 0.358 e. The summed E-state index contributed by atoms with van der Waals surface area (Å²) in [6, 6.07) is 19.7. The molecule has 0 fully saturated rings. The van der Waals surface area contributed by atoms with Crippen molar-refractivity contribution in [2.24, 2.45) is 5.41 Å². The summed E-state index contributed by atoms with van der Waals surface area (Å²) >= 11 is 0. The van der Waals surface area contributed by atoms with E-state index in [4.69, 9.17) is 14.6 Å². The summed E-state index contributed by atoms with van der Waals surface area (Å²) < 4.78 is 44.2. The molecule has 0 saturated carbocycles. The van der Waals surface area contributed by atoms with Crippen molar-refractivity contribution in [1.82, 2.24) is 34.3 Å². The fourth-order valence-electron chi connectivity index (χ4n) is 6.06. The number of carboxylic acid groups (broad SMARTS) is 2. The van der Waals surface area contributed by atoms with Crippen LogP contribution in [0.15, 0.2) is 84.0 Å². The van der Waals surface area contributed by atoms with Gasteiger partial charge in [0.2, 0.25) is 10.0 Å². The van der Waals surface area contributed by atoms with Crippen LogP contribution in [0.2, 0.25) is 0 Å². The molecule has 52 heavy (non-hydrogen) atoms. The molecule has 0 radical (unpaired) electrons. The van der Waals surface area contributed by atoms with Gasteiger partial charge in [0, 0.05) is 6.54 Å². The fourth-order valence-corrected chi connectivity index (χ4v) is 7.68. The van der Waals surface area contributed by atoms with Crippen LogP contribution >= 0.6 is 0 Å². The van der Waals surface area contributed by atoms with E-state index in [0.717, 1.165) is 16.7 Å². The van der Waals surface area contributed by atoms with Gasteiger partial charge in [-0.1, -0.05) is 65.0 Å². The highest BCUT2D eigenvalue weighted by molar-refractivity contribution is 7.89. The van der Waals surface area contributed by atoms with Crippen LogP contribution in [0.5, 0.6) is 5.75 Å². The third kappa shape index (κ3) is 7.88. The number of aliphatic carboxylic acids is 1. The summed E-state index contributed by atoms with van der Waals surface area (Å²) in [5.74, 6) is -1.90. The first-order chi connectivity index (χ1) is 24.7. The van der Waals surface area contributed by atoms with E-state index in [1.54, 1.807) is 49.0 Å². The van der Waals surface area contributed by atoms with Gasteiger partial charge in [-0.2, -0.15) is 4.31 Å². The largest absolute Gasteiger partial charge is 0.488 e. The number of nitrogens with zero attached hydrogens (tertiary/aromatic N) is 7. The van der Waals surface area contributed by atoms with Crippen molar-refractivity contribution in [3.05, 3.63) is 118 Å². The molecule has 5 aromatic rings. The molecule has 1 aliphatic rings. The Balaban J connectivity index is 1.18. The first-order valence-electron chi connectivity index (χ1n) is 16.5. The molecule has 0 amide bonds. The average Bonchev–Trinajstić information content (AvgIpc) is 3.73. The molecule has 2 N–H and O–H groups in total. The highest BCUT2D eigenvalue weighted by atomic mass is 32.2. The number of sulfonamides is 1. The Bertz CT molecular complexity index is 2210. The van der Waals surface area contributed by atoms with Crippen molar-refractivity contribution in [2.45, 2.75) is 71.0 Å². The van der Waals surface area contributed by atoms with Gasteiger partial charge < -0.3 is 19.7 Å². The molecule has 6 rings (SSSR count). The number of aryl methyl sites for hydroxylation is 1. The molecule has 15 nitrogen and oxygen atoms in total. The van der Waals surface area contributed by atoms with Crippen LogP contribution < -0.4 is 4.74 Å². The zero-order chi connectivity index (χ0) is 37.2. The number of ether oxygens (including phenoxy) is 2. The standard InChI is InChI=1S/C36H39N7O8S/c1-23-12-13-27(15-28(23)19-43-16-24(2)51-31-10-5-6-11-32(31)52(43,48)49)33(36(3,4)35(46)47)50-22-29-20-41(39-37-29)17-25-8-7-9-26(14-25)18-42-21-30(34(44)45)38-40-42/h5-15,20-21,24,33H,16-19,22H2,1-4H3,(H,44,45)(H,46,47)/t24-,33?/m1/s1. The van der Waals surface area contributed by atoms with Gasteiger partial charge in [-0.15, -0.1) is 10.2 Å². The van der Waals surface area contributed by atoms with Crippen LogP contribution in [0.25, 0.3) is 0 Å². The number of hydrogen-bond acceptors (Lipinski definition) is 10. The summed E-state index contributed by atoms with van der Waals surface area (Å²) in [6.45, 7) is 7.75. The Morgan fingerprint density at radius 3 is 2.33 bits per heavy atom. The monoisotopic (exact) mass is 729 g/mol. The number of benzene rings is 3. The molecule has 16 heteroatoms. The number of hydrogen-bond donors (Lipinski definition) is 2. The number of rotatable bonds is 13. The maximum Gasteiger partial charge on any atom is 0.358 e. The van der Waals surface area contributed by atoms with Gasteiger partial charge in [0.15, 0.2) is 5.69 Å². The first kappa shape index (κ1) is 36.3. The van der Waals surface area contributed by atoms with Crippen LogP contribution in [0.4, 0.5) is 0 Å². The van der Waals surface area contributed by atoms with Crippen LogP contribution in [0.1, 0.15) is 70.9 Å². The summed E-state index contributed by atoms with van der Waals surface area (Å²) in [5.41, 5.74) is 2.93. The fraction of sp³-hybridized carbons (Fsp3) is 0.333. The molecule has 0 aliphatic carbocycles. The summed E-state index contributed by atoms with van der Waals surface area (Å²) in [7, 11) is -3.89. The second-order valence-corrected chi connectivity index (χ2v) is 15.3. The molecule has 2 atom stereocenters. The van der Waals surface area contributed by atoms with Crippen molar-refractivity contribution in [1.29, 1.82) is 0 Å². The molecule has 2 aromatic heterocycles. The molecular formula is C36H39N7O8S. The average molecular weight is 730 g/mol. The van der Waals surface area contributed by atoms with E-state index in [0.29, 0.717) is 35.7 Å². The lowest BCUT2D eigenvalue weighted by molar-refractivity contribution is -0.158. The Labute approximate surface area is 300 Å². The Morgan fingerprint density at radius 2 is 1.63 bits per heavy atom. The maximum absolute atomic E-state index is 13.7. The lowest BCUT2D eigenvalue weighted by Gasteiger charge is -2.31. The number of aromatic carboxylic acids is 1. The molecule has 1 unspecified atom stereocenters. The Kier molecular flexibility index (Phi) is 10.2. The number of para-hydroxylation sites is 1. The minimum Gasteiger partial charge on any atom is -0.488 e.